The number of carbonyl (C=O) groups excluding carboxylic acids is 1. The van der Waals surface area contributed by atoms with Crippen molar-refractivity contribution < 1.29 is 51.8 Å². The van der Waals surface area contributed by atoms with Crippen molar-refractivity contribution in [3.63, 3.8) is 0 Å². The van der Waals surface area contributed by atoms with Crippen molar-refractivity contribution in [1.82, 2.24) is 5.32 Å². The summed E-state index contributed by atoms with van der Waals surface area (Å²) >= 11 is 0. The van der Waals surface area contributed by atoms with Gasteiger partial charge < -0.3 is 35.2 Å². The van der Waals surface area contributed by atoms with Gasteiger partial charge in [0, 0.05) is 6.42 Å². The average Bonchev–Trinajstić information content (AvgIpc) is 3.25. The maximum atomic E-state index is 13.1. The number of carbonyl (C=O) groups is 1. The molecule has 1 aliphatic rings. The summed E-state index contributed by atoms with van der Waals surface area (Å²) in [5.74, 6) is -0.226. The van der Waals surface area contributed by atoms with E-state index < -0.39 is 59.9 Å². The number of hydrogen-bond acceptors (Lipinski definition) is 10. The molecular weight excluding hydrogens is 823 g/mol. The first-order chi connectivity index (χ1) is 30.5. The summed E-state index contributed by atoms with van der Waals surface area (Å²) in [6.07, 6.45) is 36.8. The molecule has 1 rings (SSSR count). The minimum absolute atomic E-state index is 0.226. The lowest BCUT2D eigenvalue weighted by Crippen LogP contribution is -2.61. The summed E-state index contributed by atoms with van der Waals surface area (Å²) in [7, 11) is -5.07. The van der Waals surface area contributed by atoms with Gasteiger partial charge in [-0.15, -0.1) is 0 Å². The van der Waals surface area contributed by atoms with E-state index in [-0.39, 0.29) is 12.5 Å². The van der Waals surface area contributed by atoms with Gasteiger partial charge in [-0.25, -0.2) is 4.18 Å². The van der Waals surface area contributed by atoms with Crippen LogP contribution in [0.3, 0.4) is 0 Å². The van der Waals surface area contributed by atoms with Crippen molar-refractivity contribution in [1.29, 1.82) is 0 Å². The quantitative estimate of drug-likeness (QED) is 0.0251. The first-order valence-corrected chi connectivity index (χ1v) is 27.8. The van der Waals surface area contributed by atoms with Crippen LogP contribution in [0.2, 0.25) is 0 Å². The Morgan fingerprint density at radius 1 is 0.571 bits per heavy atom. The molecule has 376 valence electrons. The minimum Gasteiger partial charge on any atom is -0.394 e. The van der Waals surface area contributed by atoms with Crippen LogP contribution < -0.4 is 5.32 Å². The zero-order chi connectivity index (χ0) is 46.2. The summed E-state index contributed by atoms with van der Waals surface area (Å²) < 4.78 is 47.8. The van der Waals surface area contributed by atoms with Crippen LogP contribution in [0.25, 0.3) is 0 Å². The molecular formula is C50H99NO11S. The van der Waals surface area contributed by atoms with E-state index in [0.29, 0.717) is 12.8 Å². The Morgan fingerprint density at radius 2 is 0.921 bits per heavy atom. The van der Waals surface area contributed by atoms with Crippen LogP contribution in [-0.2, 0) is 28.9 Å². The highest BCUT2D eigenvalue weighted by Gasteiger charge is 2.48. The third-order valence-electron chi connectivity index (χ3n) is 12.9. The Hall–Kier alpha value is -0.900. The monoisotopic (exact) mass is 922 g/mol. The van der Waals surface area contributed by atoms with E-state index in [0.717, 1.165) is 51.4 Å². The number of hydrogen-bond donors (Lipinski definition) is 6. The molecule has 1 amide bonds. The molecule has 0 bridgehead atoms. The van der Waals surface area contributed by atoms with Gasteiger partial charge in [0.25, 0.3) is 0 Å². The Bertz CT molecular complexity index is 1130. The third kappa shape index (κ3) is 34.1. The standard InChI is InChI=1S/C50H99NO11S/c1-3-5-7-9-11-13-15-17-18-19-20-21-22-23-24-25-26-28-29-31-33-35-37-39-44(53)43(42-60-50-48(56)49(62-63(57,58)59)47(55)45(41-52)61-50)51-46(54)40-38-36-34-32-30-27-16-14-12-10-8-6-4-2/h43-45,47-50,52-53,55-56H,3-42H2,1-2H3,(H,51,54)(H,57,58,59). The highest BCUT2D eigenvalue weighted by Crippen LogP contribution is 2.26. The topological polar surface area (TPSA) is 192 Å². The highest BCUT2D eigenvalue weighted by atomic mass is 32.3. The fraction of sp³-hybridized carbons (Fsp3) is 0.980. The number of rotatable bonds is 46. The van der Waals surface area contributed by atoms with Crippen molar-refractivity contribution in [2.45, 2.75) is 301 Å². The largest absolute Gasteiger partial charge is 0.397 e. The number of ether oxygens (including phenoxy) is 2. The van der Waals surface area contributed by atoms with Crippen molar-refractivity contribution in [3.8, 4) is 0 Å². The van der Waals surface area contributed by atoms with E-state index in [1.807, 2.05) is 0 Å². The maximum absolute atomic E-state index is 13.1. The van der Waals surface area contributed by atoms with Gasteiger partial charge in [0.05, 0.1) is 25.4 Å². The molecule has 1 saturated heterocycles. The zero-order valence-corrected chi connectivity index (χ0v) is 41.2. The van der Waals surface area contributed by atoms with Gasteiger partial charge in [0.2, 0.25) is 5.91 Å². The van der Waals surface area contributed by atoms with Crippen LogP contribution in [-0.4, -0.2) is 95.4 Å². The molecule has 0 spiro atoms. The van der Waals surface area contributed by atoms with E-state index in [4.69, 9.17) is 9.47 Å². The number of aliphatic hydroxyl groups excluding tert-OH is 4. The minimum atomic E-state index is -5.07. The van der Waals surface area contributed by atoms with E-state index in [2.05, 4.69) is 23.3 Å². The Morgan fingerprint density at radius 3 is 1.27 bits per heavy atom. The molecule has 0 aromatic carbocycles. The summed E-state index contributed by atoms with van der Waals surface area (Å²) in [6.45, 7) is 3.48. The lowest BCUT2D eigenvalue weighted by molar-refractivity contribution is -0.298. The van der Waals surface area contributed by atoms with E-state index >= 15 is 0 Å². The van der Waals surface area contributed by atoms with Crippen LogP contribution in [0.4, 0.5) is 0 Å². The van der Waals surface area contributed by atoms with Crippen molar-refractivity contribution in [3.05, 3.63) is 0 Å². The van der Waals surface area contributed by atoms with E-state index in [9.17, 15) is 38.2 Å². The summed E-state index contributed by atoms with van der Waals surface area (Å²) in [6, 6.07) is -0.852. The fourth-order valence-corrected chi connectivity index (χ4v) is 9.32. The van der Waals surface area contributed by atoms with E-state index in [1.54, 1.807) is 0 Å². The molecule has 0 radical (unpaired) electrons. The summed E-state index contributed by atoms with van der Waals surface area (Å²) in [4.78, 5) is 13.1. The van der Waals surface area contributed by atoms with Crippen LogP contribution in [0, 0.1) is 0 Å². The lowest BCUT2D eigenvalue weighted by Gasteiger charge is -2.41. The molecule has 13 heteroatoms. The normalized spacial score (nSPS) is 20.3. The molecule has 0 aliphatic carbocycles. The Labute approximate surface area is 386 Å². The average molecular weight is 922 g/mol. The van der Waals surface area contributed by atoms with Crippen LogP contribution in [0.1, 0.15) is 258 Å². The second kappa shape index (κ2) is 41.3. The zero-order valence-electron chi connectivity index (χ0n) is 40.4. The van der Waals surface area contributed by atoms with Crippen LogP contribution in [0.15, 0.2) is 0 Å². The molecule has 1 aliphatic heterocycles. The van der Waals surface area contributed by atoms with Gasteiger partial charge in [-0.2, -0.15) is 8.42 Å². The van der Waals surface area contributed by atoms with Gasteiger partial charge in [-0.05, 0) is 12.8 Å². The van der Waals surface area contributed by atoms with Gasteiger partial charge >= 0.3 is 10.4 Å². The van der Waals surface area contributed by atoms with Gasteiger partial charge in [-0.3, -0.25) is 9.35 Å². The van der Waals surface area contributed by atoms with Crippen molar-refractivity contribution in [2.75, 3.05) is 13.2 Å². The molecule has 0 aromatic rings. The Kier molecular flexibility index (Phi) is 39.4. The fourth-order valence-electron chi connectivity index (χ4n) is 8.81. The van der Waals surface area contributed by atoms with Crippen LogP contribution in [0.5, 0.6) is 0 Å². The first-order valence-electron chi connectivity index (χ1n) is 26.4. The van der Waals surface area contributed by atoms with Crippen molar-refractivity contribution in [2.24, 2.45) is 0 Å². The molecule has 1 fully saturated rings. The number of nitrogens with one attached hydrogen (secondary N) is 1. The molecule has 63 heavy (non-hydrogen) atoms. The second-order valence-corrected chi connectivity index (χ2v) is 19.9. The first kappa shape index (κ1) is 60.1. The summed E-state index contributed by atoms with van der Waals surface area (Å²) in [5.41, 5.74) is 0. The molecule has 0 aromatic heterocycles. The predicted octanol–water partition coefficient (Wildman–Crippen LogP) is 11.3. The lowest BCUT2D eigenvalue weighted by atomic mass is 9.99. The maximum Gasteiger partial charge on any atom is 0.397 e. The van der Waals surface area contributed by atoms with E-state index in [1.165, 1.54) is 180 Å². The number of aliphatic hydroxyl groups is 4. The van der Waals surface area contributed by atoms with Crippen LogP contribution >= 0.6 is 0 Å². The Balaban J connectivity index is 2.37. The molecule has 0 saturated carbocycles. The third-order valence-corrected chi connectivity index (χ3v) is 13.4. The summed E-state index contributed by atoms with van der Waals surface area (Å²) in [5, 5.41) is 45.0. The smallest absolute Gasteiger partial charge is 0.394 e. The predicted molar refractivity (Wildman–Crippen MR) is 255 cm³/mol. The van der Waals surface area contributed by atoms with Gasteiger partial charge in [0.1, 0.15) is 24.4 Å². The number of unbranched alkanes of at least 4 members (excludes halogenated alkanes) is 34. The SMILES string of the molecule is CCCCCCCCCCCCCCCCCCCCCCCCCC(O)C(COC1OC(CO)C(O)C(OS(=O)(=O)O)C1O)NC(=O)CCCCCCCCCCCCCCC. The van der Waals surface area contributed by atoms with Crippen molar-refractivity contribution >= 4 is 16.3 Å². The molecule has 7 unspecified atom stereocenters. The molecule has 12 nitrogen and oxygen atoms in total. The molecule has 1 heterocycles. The highest BCUT2D eigenvalue weighted by molar-refractivity contribution is 7.80. The molecule has 6 N–H and O–H groups in total. The van der Waals surface area contributed by atoms with Gasteiger partial charge in [0.15, 0.2) is 6.29 Å². The molecule has 7 atom stereocenters. The number of amides is 1. The second-order valence-electron chi connectivity index (χ2n) is 18.8. The van der Waals surface area contributed by atoms with Gasteiger partial charge in [-0.1, -0.05) is 239 Å².